The van der Waals surface area contributed by atoms with E-state index in [1.165, 1.54) is 97.6 Å². The SMILES string of the molecule is CC1(C)c2ccccc2-c2c1cc(-c1c3ccccc3c(-c3ccc([Si](c4ccccc4)(c4ccccc4)c4ccccc4)cc3)c3ccccc13)c1ccccc21. The van der Waals surface area contributed by atoms with Gasteiger partial charge in [0.15, 0.2) is 8.07 Å². The Morgan fingerprint density at radius 2 is 0.672 bits per heavy atom. The van der Waals surface area contributed by atoms with E-state index in [9.17, 15) is 0 Å². The normalized spacial score (nSPS) is 13.1. The van der Waals surface area contributed by atoms with Crippen LogP contribution in [0.15, 0.2) is 218 Å². The van der Waals surface area contributed by atoms with Crippen LogP contribution >= 0.6 is 0 Å². The molecule has 0 N–H and O–H groups in total. The van der Waals surface area contributed by atoms with Gasteiger partial charge in [0, 0.05) is 5.41 Å². The van der Waals surface area contributed by atoms with Gasteiger partial charge in [0.2, 0.25) is 0 Å². The fraction of sp³-hybridized carbons (Fsp3) is 0.0526. The van der Waals surface area contributed by atoms with E-state index in [4.69, 9.17) is 0 Å². The van der Waals surface area contributed by atoms with Gasteiger partial charge in [0.1, 0.15) is 0 Å². The summed E-state index contributed by atoms with van der Waals surface area (Å²) in [5.74, 6) is 0. The van der Waals surface area contributed by atoms with Gasteiger partial charge in [-0.2, -0.15) is 0 Å². The third-order valence-electron chi connectivity index (χ3n) is 13.0. The predicted molar refractivity (Wildman–Crippen MR) is 251 cm³/mol. The summed E-state index contributed by atoms with van der Waals surface area (Å²) in [5.41, 5.74) is 10.5. The van der Waals surface area contributed by atoms with Gasteiger partial charge in [0.05, 0.1) is 0 Å². The summed E-state index contributed by atoms with van der Waals surface area (Å²) in [6.07, 6.45) is 0. The summed E-state index contributed by atoms with van der Waals surface area (Å²) in [5, 5.41) is 13.2. The third-order valence-corrected chi connectivity index (χ3v) is 17.8. The van der Waals surface area contributed by atoms with Crippen LogP contribution < -0.4 is 20.7 Å². The van der Waals surface area contributed by atoms with Crippen LogP contribution in [0.3, 0.4) is 0 Å². The molecule has 1 heteroatoms. The van der Waals surface area contributed by atoms with Crippen molar-refractivity contribution in [3.8, 4) is 33.4 Å². The van der Waals surface area contributed by atoms with Crippen molar-refractivity contribution < 1.29 is 0 Å². The Labute approximate surface area is 341 Å². The van der Waals surface area contributed by atoms with E-state index in [0.29, 0.717) is 0 Å². The first-order valence-electron chi connectivity index (χ1n) is 20.4. The summed E-state index contributed by atoms with van der Waals surface area (Å²) in [4.78, 5) is 0. The first-order chi connectivity index (χ1) is 28.6. The molecule has 0 saturated heterocycles. The zero-order chi connectivity index (χ0) is 38.8. The summed E-state index contributed by atoms with van der Waals surface area (Å²) in [7, 11) is -2.65. The molecule has 0 aromatic heterocycles. The number of hydrogen-bond donors (Lipinski definition) is 0. The van der Waals surface area contributed by atoms with Gasteiger partial charge in [-0.1, -0.05) is 226 Å². The predicted octanol–water partition coefficient (Wildman–Crippen LogP) is 12.2. The number of benzene rings is 10. The van der Waals surface area contributed by atoms with E-state index in [1.54, 1.807) is 0 Å². The molecule has 0 radical (unpaired) electrons. The lowest BCUT2D eigenvalue weighted by molar-refractivity contribution is 0.661. The molecule has 0 unspecified atom stereocenters. The van der Waals surface area contributed by atoms with Crippen molar-refractivity contribution >= 4 is 61.1 Å². The maximum absolute atomic E-state index is 2.65. The zero-order valence-corrected chi connectivity index (χ0v) is 33.8. The van der Waals surface area contributed by atoms with Crippen molar-refractivity contribution in [3.05, 3.63) is 230 Å². The molecule has 58 heavy (non-hydrogen) atoms. The van der Waals surface area contributed by atoms with Gasteiger partial charge >= 0.3 is 0 Å². The van der Waals surface area contributed by atoms with Crippen molar-refractivity contribution in [1.82, 2.24) is 0 Å². The maximum Gasteiger partial charge on any atom is 0.179 e. The molecule has 10 aromatic carbocycles. The summed E-state index contributed by atoms with van der Waals surface area (Å²) in [6.45, 7) is 4.79. The van der Waals surface area contributed by atoms with E-state index in [1.807, 2.05) is 0 Å². The molecule has 0 aliphatic heterocycles. The Bertz CT molecular complexity index is 3010. The van der Waals surface area contributed by atoms with E-state index >= 15 is 0 Å². The monoisotopic (exact) mass is 754 g/mol. The van der Waals surface area contributed by atoms with Crippen molar-refractivity contribution in [1.29, 1.82) is 0 Å². The van der Waals surface area contributed by atoms with Crippen molar-refractivity contribution in [3.63, 3.8) is 0 Å². The summed E-state index contributed by atoms with van der Waals surface area (Å²) >= 11 is 0. The molecule has 0 heterocycles. The minimum absolute atomic E-state index is 0.115. The van der Waals surface area contributed by atoms with Crippen molar-refractivity contribution in [2.24, 2.45) is 0 Å². The Morgan fingerprint density at radius 1 is 0.293 bits per heavy atom. The van der Waals surface area contributed by atoms with Crippen LogP contribution in [0.25, 0.3) is 65.7 Å². The highest BCUT2D eigenvalue weighted by molar-refractivity contribution is 7.19. The minimum Gasteiger partial charge on any atom is -0.0623 e. The Kier molecular flexibility index (Phi) is 7.96. The van der Waals surface area contributed by atoms with Gasteiger partial charge in [-0.25, -0.2) is 0 Å². The van der Waals surface area contributed by atoms with Gasteiger partial charge < -0.3 is 0 Å². The first-order valence-corrected chi connectivity index (χ1v) is 22.4. The molecule has 0 spiro atoms. The molecule has 0 bridgehead atoms. The zero-order valence-electron chi connectivity index (χ0n) is 32.8. The Balaban J connectivity index is 1.16. The molecule has 1 aliphatic carbocycles. The van der Waals surface area contributed by atoms with Crippen molar-refractivity contribution in [2.75, 3.05) is 0 Å². The van der Waals surface area contributed by atoms with Gasteiger partial charge in [-0.3, -0.25) is 0 Å². The average Bonchev–Trinajstić information content (AvgIpc) is 3.52. The highest BCUT2D eigenvalue weighted by Crippen LogP contribution is 2.54. The largest absolute Gasteiger partial charge is 0.179 e. The highest BCUT2D eigenvalue weighted by Gasteiger charge is 2.41. The quantitative estimate of drug-likeness (QED) is 0.0901. The minimum atomic E-state index is -2.65. The van der Waals surface area contributed by atoms with Gasteiger partial charge in [0.25, 0.3) is 0 Å². The third kappa shape index (κ3) is 5.00. The molecule has 1 aliphatic rings. The van der Waals surface area contributed by atoms with Crippen LogP contribution in [0.5, 0.6) is 0 Å². The van der Waals surface area contributed by atoms with Gasteiger partial charge in [-0.15, -0.1) is 0 Å². The molecule has 11 rings (SSSR count). The molecule has 0 atom stereocenters. The fourth-order valence-corrected chi connectivity index (χ4v) is 15.2. The van der Waals surface area contributed by atoms with E-state index in [2.05, 4.69) is 232 Å². The van der Waals surface area contributed by atoms with E-state index in [-0.39, 0.29) is 5.41 Å². The average molecular weight is 755 g/mol. The van der Waals surface area contributed by atoms with Crippen molar-refractivity contribution in [2.45, 2.75) is 19.3 Å². The molecular weight excluding hydrogens is 713 g/mol. The van der Waals surface area contributed by atoms with Crippen LogP contribution in [0, 0.1) is 0 Å². The summed E-state index contributed by atoms with van der Waals surface area (Å²) in [6, 6.07) is 82.0. The standard InChI is InChI=1S/C57H42Si/c1-57(2)52-33-19-18-32-50(52)56-45-27-13-12-26-44(45)51(38-53(56)57)55-48-30-16-14-28-46(48)54(47-29-15-17-31-49(47)55)39-34-36-43(37-35-39)58(40-20-6-3-7-21-40,41-22-8-4-9-23-41)42-24-10-5-11-25-42/h3-38H,1-2H3. The molecule has 0 saturated carbocycles. The fourth-order valence-electron chi connectivity index (χ4n) is 10.4. The van der Waals surface area contributed by atoms with E-state index < -0.39 is 8.07 Å². The second-order valence-electron chi connectivity index (χ2n) is 16.3. The van der Waals surface area contributed by atoms with Crippen LogP contribution in [0.2, 0.25) is 0 Å². The Hall–Kier alpha value is -6.80. The maximum atomic E-state index is 2.53. The number of rotatable bonds is 6. The topological polar surface area (TPSA) is 0 Å². The molecule has 10 aromatic rings. The number of fused-ring (bicyclic) bond motifs is 7. The molecule has 0 fully saturated rings. The highest BCUT2D eigenvalue weighted by atomic mass is 28.3. The Morgan fingerprint density at radius 3 is 1.17 bits per heavy atom. The lowest BCUT2D eigenvalue weighted by Crippen LogP contribution is -2.74. The smallest absolute Gasteiger partial charge is 0.0623 e. The van der Waals surface area contributed by atoms with Gasteiger partial charge in [-0.05, 0) is 104 Å². The molecule has 0 amide bonds. The summed E-state index contributed by atoms with van der Waals surface area (Å²) < 4.78 is 0. The van der Waals surface area contributed by atoms with E-state index in [0.717, 1.165) is 0 Å². The second-order valence-corrected chi connectivity index (χ2v) is 20.1. The number of hydrogen-bond acceptors (Lipinski definition) is 0. The lowest BCUT2D eigenvalue weighted by Gasteiger charge is -2.34. The van der Waals surface area contributed by atoms with Crippen LogP contribution in [0.4, 0.5) is 0 Å². The van der Waals surface area contributed by atoms with Crippen LogP contribution in [-0.2, 0) is 5.41 Å². The van der Waals surface area contributed by atoms with Crippen LogP contribution in [-0.4, -0.2) is 8.07 Å². The van der Waals surface area contributed by atoms with Crippen LogP contribution in [0.1, 0.15) is 25.0 Å². The first kappa shape index (κ1) is 34.4. The molecule has 274 valence electrons. The molecular formula is C57H42Si. The second kappa shape index (κ2) is 13.4. The molecule has 0 nitrogen and oxygen atoms in total. The lowest BCUT2D eigenvalue weighted by atomic mass is 9.79.